The fourth-order valence-electron chi connectivity index (χ4n) is 0.524. The molecule has 4 amide bonds. The van der Waals surface area contributed by atoms with E-state index < -0.39 is 41.1 Å². The summed E-state index contributed by atoms with van der Waals surface area (Å²) in [5.41, 5.74) is 4.46. The molecule has 0 aromatic carbocycles. The van der Waals surface area contributed by atoms with Crippen LogP contribution in [0, 0.1) is 0 Å². The van der Waals surface area contributed by atoms with Crippen LogP contribution in [0.4, 0.5) is 0 Å². The SMILES string of the molecule is NC(=O)C(=O)N(C(=O)C=O)C(=O)C=O. The number of carbonyl (C=O) groups excluding carboxylic acids is 6. The lowest BCUT2D eigenvalue weighted by Gasteiger charge is -2.09. The van der Waals surface area contributed by atoms with Gasteiger partial charge < -0.3 is 5.73 Å². The number of nitrogens with zero attached hydrogens (tertiary/aromatic N) is 1. The van der Waals surface area contributed by atoms with Gasteiger partial charge >= 0.3 is 23.6 Å². The van der Waals surface area contributed by atoms with E-state index in [2.05, 4.69) is 5.73 Å². The highest BCUT2D eigenvalue weighted by Crippen LogP contribution is 1.89. The van der Waals surface area contributed by atoms with Crippen LogP contribution in [0.15, 0.2) is 0 Å². The van der Waals surface area contributed by atoms with Crippen LogP contribution < -0.4 is 5.73 Å². The molecule has 0 aliphatic rings. The van der Waals surface area contributed by atoms with Crippen LogP contribution in [0.1, 0.15) is 0 Å². The van der Waals surface area contributed by atoms with Gasteiger partial charge in [-0.2, -0.15) is 4.90 Å². The molecule has 0 fully saturated rings. The van der Waals surface area contributed by atoms with Gasteiger partial charge in [0.2, 0.25) is 12.6 Å². The standard InChI is InChI=1S/C6H4N2O6/c7-5(13)6(14)8(3(11)1-9)4(12)2-10/h1-2H,(H2,7,13). The van der Waals surface area contributed by atoms with Gasteiger partial charge in [0.15, 0.2) is 0 Å². The first-order chi connectivity index (χ1) is 6.45. The van der Waals surface area contributed by atoms with E-state index in [1.165, 1.54) is 0 Å². The summed E-state index contributed by atoms with van der Waals surface area (Å²) in [6.07, 6.45) is -0.801. The Kier molecular flexibility index (Phi) is 3.82. The Hall–Kier alpha value is -2.38. The third kappa shape index (κ3) is 2.30. The number of hydrogen-bond acceptors (Lipinski definition) is 6. The normalized spacial score (nSPS) is 8.57. The molecular formula is C6H4N2O6. The van der Waals surface area contributed by atoms with Gasteiger partial charge in [-0.25, -0.2) is 0 Å². The molecule has 0 bridgehead atoms. The van der Waals surface area contributed by atoms with Crippen LogP contribution in [-0.4, -0.2) is 41.1 Å². The molecule has 0 spiro atoms. The number of hydrogen-bond donors (Lipinski definition) is 1. The Bertz CT molecular complexity index is 313. The molecule has 0 saturated carbocycles. The average molecular weight is 200 g/mol. The predicted molar refractivity (Wildman–Crippen MR) is 38.2 cm³/mol. The molecule has 0 aliphatic carbocycles. The molecule has 74 valence electrons. The monoisotopic (exact) mass is 200 g/mol. The zero-order chi connectivity index (χ0) is 11.3. The van der Waals surface area contributed by atoms with E-state index in [9.17, 15) is 28.8 Å². The fourth-order valence-corrected chi connectivity index (χ4v) is 0.524. The highest BCUT2D eigenvalue weighted by molar-refractivity contribution is 6.50. The zero-order valence-electron chi connectivity index (χ0n) is 6.63. The molecular weight excluding hydrogens is 196 g/mol. The van der Waals surface area contributed by atoms with E-state index in [1.807, 2.05) is 0 Å². The van der Waals surface area contributed by atoms with E-state index >= 15 is 0 Å². The first-order valence-corrected chi connectivity index (χ1v) is 3.07. The molecule has 0 aromatic heterocycles. The van der Waals surface area contributed by atoms with Gasteiger partial charge in [-0.15, -0.1) is 0 Å². The maximum Gasteiger partial charge on any atom is 0.325 e. The van der Waals surface area contributed by atoms with Gasteiger partial charge in [-0.3, -0.25) is 28.8 Å². The summed E-state index contributed by atoms with van der Waals surface area (Å²) < 4.78 is 0. The molecule has 0 heterocycles. The van der Waals surface area contributed by atoms with Gasteiger partial charge in [0, 0.05) is 0 Å². The van der Waals surface area contributed by atoms with E-state index in [0.717, 1.165) is 0 Å². The van der Waals surface area contributed by atoms with Crippen LogP contribution >= 0.6 is 0 Å². The van der Waals surface area contributed by atoms with Gasteiger partial charge in [0.25, 0.3) is 0 Å². The van der Waals surface area contributed by atoms with Gasteiger partial charge in [0.1, 0.15) is 0 Å². The van der Waals surface area contributed by atoms with Crippen molar-refractivity contribution in [2.45, 2.75) is 0 Å². The van der Waals surface area contributed by atoms with Crippen molar-refractivity contribution < 1.29 is 28.8 Å². The first kappa shape index (κ1) is 11.6. The molecule has 0 saturated heterocycles. The smallest absolute Gasteiger partial charge is 0.325 e. The minimum Gasteiger partial charge on any atom is -0.361 e. The van der Waals surface area contributed by atoms with Crippen molar-refractivity contribution >= 4 is 36.2 Å². The second-order valence-corrected chi connectivity index (χ2v) is 1.92. The number of imide groups is 3. The Balaban J connectivity index is 5.10. The third-order valence-electron chi connectivity index (χ3n) is 1.06. The van der Waals surface area contributed by atoms with Gasteiger partial charge in [0.05, 0.1) is 0 Å². The lowest BCUT2D eigenvalue weighted by Crippen LogP contribution is -2.48. The highest BCUT2D eigenvalue weighted by Gasteiger charge is 2.31. The second kappa shape index (κ2) is 4.60. The lowest BCUT2D eigenvalue weighted by molar-refractivity contribution is -0.160. The predicted octanol–water partition coefficient (Wildman–Crippen LogP) is -3.25. The summed E-state index contributed by atoms with van der Waals surface area (Å²) >= 11 is 0. The van der Waals surface area contributed by atoms with Crippen molar-refractivity contribution in [3.63, 3.8) is 0 Å². The summed E-state index contributed by atoms with van der Waals surface area (Å²) in [7, 11) is 0. The summed E-state index contributed by atoms with van der Waals surface area (Å²) in [5.74, 6) is -6.63. The van der Waals surface area contributed by atoms with Crippen LogP contribution in [0.25, 0.3) is 0 Å². The number of nitrogens with two attached hydrogens (primary N) is 1. The van der Waals surface area contributed by atoms with Gasteiger partial charge in [-0.1, -0.05) is 0 Å². The second-order valence-electron chi connectivity index (χ2n) is 1.92. The Morgan fingerprint density at radius 1 is 0.929 bits per heavy atom. The van der Waals surface area contributed by atoms with E-state index in [0.29, 0.717) is 0 Å². The van der Waals surface area contributed by atoms with Crippen molar-refractivity contribution in [1.82, 2.24) is 4.90 Å². The zero-order valence-corrected chi connectivity index (χ0v) is 6.63. The van der Waals surface area contributed by atoms with Crippen molar-refractivity contribution in [1.29, 1.82) is 0 Å². The summed E-state index contributed by atoms with van der Waals surface area (Å²) in [6.45, 7) is 0. The Morgan fingerprint density at radius 3 is 1.50 bits per heavy atom. The molecule has 14 heavy (non-hydrogen) atoms. The van der Waals surface area contributed by atoms with Crippen molar-refractivity contribution in [3.05, 3.63) is 0 Å². The van der Waals surface area contributed by atoms with E-state index in [1.54, 1.807) is 0 Å². The topological polar surface area (TPSA) is 132 Å². The summed E-state index contributed by atoms with van der Waals surface area (Å²) in [5, 5.41) is 0. The van der Waals surface area contributed by atoms with Crippen molar-refractivity contribution in [2.24, 2.45) is 5.73 Å². The van der Waals surface area contributed by atoms with E-state index in [4.69, 9.17) is 0 Å². The molecule has 8 heteroatoms. The molecule has 0 atom stereocenters. The average Bonchev–Trinajstić information content (AvgIpc) is 2.16. The maximum atomic E-state index is 10.7. The molecule has 0 aliphatic heterocycles. The number of carbonyl (C=O) groups is 6. The first-order valence-electron chi connectivity index (χ1n) is 3.07. The molecule has 0 unspecified atom stereocenters. The highest BCUT2D eigenvalue weighted by atomic mass is 16.2. The fraction of sp³-hybridized carbons (Fsp3) is 0. The summed E-state index contributed by atoms with van der Waals surface area (Å²) in [4.78, 5) is 61.6. The van der Waals surface area contributed by atoms with Gasteiger partial charge in [-0.05, 0) is 0 Å². The largest absolute Gasteiger partial charge is 0.361 e. The molecule has 2 N–H and O–H groups in total. The molecule has 0 aromatic rings. The van der Waals surface area contributed by atoms with Crippen molar-refractivity contribution in [2.75, 3.05) is 0 Å². The lowest BCUT2D eigenvalue weighted by atomic mass is 10.4. The number of amides is 4. The third-order valence-corrected chi connectivity index (χ3v) is 1.06. The number of primary amides is 1. The number of rotatable bonds is 2. The Morgan fingerprint density at radius 2 is 1.29 bits per heavy atom. The van der Waals surface area contributed by atoms with E-state index in [-0.39, 0.29) is 0 Å². The van der Waals surface area contributed by atoms with Crippen LogP contribution in [-0.2, 0) is 28.8 Å². The Labute approximate surface area is 76.6 Å². The molecule has 8 nitrogen and oxygen atoms in total. The van der Waals surface area contributed by atoms with Crippen LogP contribution in [0.2, 0.25) is 0 Å². The number of aldehydes is 2. The molecule has 0 rings (SSSR count). The minimum atomic E-state index is -1.74. The van der Waals surface area contributed by atoms with Crippen LogP contribution in [0.3, 0.4) is 0 Å². The van der Waals surface area contributed by atoms with Crippen molar-refractivity contribution in [3.8, 4) is 0 Å². The minimum absolute atomic E-state index is 0.401. The molecule has 0 radical (unpaired) electrons. The van der Waals surface area contributed by atoms with Crippen LogP contribution in [0.5, 0.6) is 0 Å². The maximum absolute atomic E-state index is 10.7. The summed E-state index contributed by atoms with van der Waals surface area (Å²) in [6, 6.07) is 0. The quantitative estimate of drug-likeness (QED) is 0.367.